The second-order valence-corrected chi connectivity index (χ2v) is 2.10. The van der Waals surface area contributed by atoms with Gasteiger partial charge in [0.15, 0.2) is 10.9 Å². The molecule has 0 saturated carbocycles. The van der Waals surface area contributed by atoms with Gasteiger partial charge in [-0.3, -0.25) is 0 Å². The fourth-order valence-electron chi connectivity index (χ4n) is 0.586. The van der Waals surface area contributed by atoms with Gasteiger partial charge < -0.3 is 9.47 Å². The Balaban J connectivity index is 3.02. The molecule has 1 aromatic rings. The summed E-state index contributed by atoms with van der Waals surface area (Å²) in [5.41, 5.74) is 0. The zero-order valence-electron chi connectivity index (χ0n) is 6.17. The van der Waals surface area contributed by atoms with Crippen LogP contribution in [-0.2, 0) is 0 Å². The quantitative estimate of drug-likeness (QED) is 0.675. The Morgan fingerprint density at radius 3 is 2.55 bits per heavy atom. The molecule has 0 fully saturated rings. The third-order valence-corrected chi connectivity index (χ3v) is 1.39. The lowest BCUT2D eigenvalue weighted by Gasteiger charge is -2.01. The molecule has 0 radical (unpaired) electrons. The summed E-state index contributed by atoms with van der Waals surface area (Å²) in [6.07, 6.45) is 0. The van der Waals surface area contributed by atoms with Crippen LogP contribution in [0.4, 0.5) is 0 Å². The maximum atomic E-state index is 5.60. The third kappa shape index (κ3) is 1.71. The first kappa shape index (κ1) is 8.07. The van der Waals surface area contributed by atoms with Gasteiger partial charge in [0.1, 0.15) is 0 Å². The molecule has 0 unspecified atom stereocenters. The monoisotopic (exact) mass is 174 g/mol. The summed E-state index contributed by atoms with van der Waals surface area (Å²) in [6, 6.07) is 1.56. The minimum absolute atomic E-state index is 0.230. The van der Waals surface area contributed by atoms with E-state index < -0.39 is 0 Å². The summed E-state index contributed by atoms with van der Waals surface area (Å²) >= 11 is 5.60. The number of ether oxygens (including phenoxy) is 2. The van der Waals surface area contributed by atoms with E-state index in [4.69, 9.17) is 21.1 Å². The highest BCUT2D eigenvalue weighted by atomic mass is 35.5. The average molecular weight is 175 g/mol. The fourth-order valence-corrected chi connectivity index (χ4v) is 0.755. The SMILES string of the molecule is COc1cc(OC)c(Cl)nn1. The molecule has 5 heteroatoms. The van der Waals surface area contributed by atoms with E-state index in [0.29, 0.717) is 11.6 Å². The van der Waals surface area contributed by atoms with Crippen LogP contribution in [0.25, 0.3) is 0 Å². The maximum absolute atomic E-state index is 5.60. The van der Waals surface area contributed by atoms with Crippen molar-refractivity contribution in [3.05, 3.63) is 11.2 Å². The van der Waals surface area contributed by atoms with Crippen molar-refractivity contribution in [1.29, 1.82) is 0 Å². The van der Waals surface area contributed by atoms with Gasteiger partial charge in [-0.05, 0) is 0 Å². The number of methoxy groups -OCH3 is 2. The van der Waals surface area contributed by atoms with Gasteiger partial charge in [-0.15, -0.1) is 10.2 Å². The average Bonchev–Trinajstić information content (AvgIpc) is 2.05. The van der Waals surface area contributed by atoms with Gasteiger partial charge in [-0.25, -0.2) is 0 Å². The predicted molar refractivity (Wildman–Crippen MR) is 40.1 cm³/mol. The first-order valence-corrected chi connectivity index (χ1v) is 3.27. The van der Waals surface area contributed by atoms with E-state index in [9.17, 15) is 0 Å². The molecule has 60 valence electrons. The molecule has 0 aliphatic carbocycles. The first-order chi connectivity index (χ1) is 5.27. The third-order valence-electron chi connectivity index (χ3n) is 1.12. The molecular weight excluding hydrogens is 168 g/mol. The van der Waals surface area contributed by atoms with E-state index in [1.807, 2.05) is 0 Å². The maximum Gasteiger partial charge on any atom is 0.236 e. The number of hydrogen-bond donors (Lipinski definition) is 0. The molecule has 4 nitrogen and oxygen atoms in total. The molecule has 0 aliphatic heterocycles. The zero-order valence-corrected chi connectivity index (χ0v) is 6.92. The molecule has 0 aliphatic rings. The van der Waals surface area contributed by atoms with Crippen molar-refractivity contribution in [3.8, 4) is 11.6 Å². The summed E-state index contributed by atoms with van der Waals surface area (Å²) < 4.78 is 9.67. The van der Waals surface area contributed by atoms with Crippen molar-refractivity contribution < 1.29 is 9.47 Å². The van der Waals surface area contributed by atoms with E-state index in [1.165, 1.54) is 14.2 Å². The van der Waals surface area contributed by atoms with Crippen LogP contribution >= 0.6 is 11.6 Å². The molecule has 0 amide bonds. The number of aromatic nitrogens is 2. The Bertz CT molecular complexity index is 254. The second-order valence-electron chi connectivity index (χ2n) is 1.75. The Morgan fingerprint density at radius 1 is 1.27 bits per heavy atom. The fraction of sp³-hybridized carbons (Fsp3) is 0.333. The van der Waals surface area contributed by atoms with E-state index in [-0.39, 0.29) is 5.15 Å². The smallest absolute Gasteiger partial charge is 0.236 e. The Morgan fingerprint density at radius 2 is 2.00 bits per heavy atom. The van der Waals surface area contributed by atoms with Crippen molar-refractivity contribution in [2.45, 2.75) is 0 Å². The van der Waals surface area contributed by atoms with Crippen molar-refractivity contribution in [1.82, 2.24) is 10.2 Å². The van der Waals surface area contributed by atoms with Crippen LogP contribution < -0.4 is 9.47 Å². The van der Waals surface area contributed by atoms with Crippen LogP contribution in [-0.4, -0.2) is 24.4 Å². The molecule has 1 aromatic heterocycles. The van der Waals surface area contributed by atoms with Crippen molar-refractivity contribution in [2.75, 3.05) is 14.2 Å². The van der Waals surface area contributed by atoms with Gasteiger partial charge in [0.05, 0.1) is 14.2 Å². The largest absolute Gasteiger partial charge is 0.493 e. The topological polar surface area (TPSA) is 44.2 Å². The molecule has 0 atom stereocenters. The summed E-state index contributed by atoms with van der Waals surface area (Å²) in [5.74, 6) is 0.838. The highest BCUT2D eigenvalue weighted by molar-refractivity contribution is 6.30. The molecule has 0 spiro atoms. The second kappa shape index (κ2) is 3.39. The van der Waals surface area contributed by atoms with Crippen molar-refractivity contribution >= 4 is 11.6 Å². The molecule has 1 rings (SSSR count). The zero-order chi connectivity index (χ0) is 8.27. The van der Waals surface area contributed by atoms with Gasteiger partial charge in [0, 0.05) is 6.07 Å². The normalized spacial score (nSPS) is 9.36. The molecule has 0 N–H and O–H groups in total. The van der Waals surface area contributed by atoms with Gasteiger partial charge in [-0.1, -0.05) is 11.6 Å². The van der Waals surface area contributed by atoms with Gasteiger partial charge >= 0.3 is 0 Å². The summed E-state index contributed by atoms with van der Waals surface area (Å²) in [6.45, 7) is 0. The lowest BCUT2D eigenvalue weighted by Crippen LogP contribution is -1.93. The molecule has 0 bridgehead atoms. The van der Waals surface area contributed by atoms with Crippen molar-refractivity contribution in [3.63, 3.8) is 0 Å². The Kier molecular flexibility index (Phi) is 2.48. The highest BCUT2D eigenvalue weighted by Gasteiger charge is 2.03. The van der Waals surface area contributed by atoms with E-state index in [2.05, 4.69) is 10.2 Å². The molecule has 11 heavy (non-hydrogen) atoms. The van der Waals surface area contributed by atoms with Crippen LogP contribution in [0.5, 0.6) is 11.6 Å². The standard InChI is InChI=1S/C6H7ClN2O2/c1-10-4-3-5(11-2)8-9-6(4)7/h3H,1-2H3. The number of hydrogen-bond acceptors (Lipinski definition) is 4. The minimum Gasteiger partial charge on any atom is -0.493 e. The molecule has 1 heterocycles. The summed E-state index contributed by atoms with van der Waals surface area (Å²) in [5, 5.41) is 7.44. The van der Waals surface area contributed by atoms with Crippen LogP contribution in [0.3, 0.4) is 0 Å². The Hall–Kier alpha value is -1.03. The van der Waals surface area contributed by atoms with E-state index in [1.54, 1.807) is 6.07 Å². The molecule has 0 saturated heterocycles. The minimum atomic E-state index is 0.230. The van der Waals surface area contributed by atoms with Gasteiger partial charge in [-0.2, -0.15) is 0 Å². The van der Waals surface area contributed by atoms with Gasteiger partial charge in [0.2, 0.25) is 5.88 Å². The number of nitrogens with zero attached hydrogens (tertiary/aromatic N) is 2. The van der Waals surface area contributed by atoms with E-state index >= 15 is 0 Å². The van der Waals surface area contributed by atoms with E-state index in [0.717, 1.165) is 0 Å². The number of halogens is 1. The van der Waals surface area contributed by atoms with Crippen LogP contribution in [0.1, 0.15) is 0 Å². The lowest BCUT2D eigenvalue weighted by atomic mass is 10.5. The molecule has 0 aromatic carbocycles. The highest BCUT2D eigenvalue weighted by Crippen LogP contribution is 2.23. The first-order valence-electron chi connectivity index (χ1n) is 2.89. The van der Waals surface area contributed by atoms with Crippen LogP contribution in [0, 0.1) is 0 Å². The van der Waals surface area contributed by atoms with Gasteiger partial charge in [0.25, 0.3) is 0 Å². The van der Waals surface area contributed by atoms with Crippen LogP contribution in [0.15, 0.2) is 6.07 Å². The van der Waals surface area contributed by atoms with Crippen LogP contribution in [0.2, 0.25) is 5.15 Å². The lowest BCUT2D eigenvalue weighted by molar-refractivity contribution is 0.375. The Labute approximate surface area is 69.1 Å². The number of rotatable bonds is 2. The molecular formula is C6H7ClN2O2. The van der Waals surface area contributed by atoms with Crippen molar-refractivity contribution in [2.24, 2.45) is 0 Å². The summed E-state index contributed by atoms with van der Waals surface area (Å²) in [7, 11) is 3.00. The predicted octanol–water partition coefficient (Wildman–Crippen LogP) is 1.15. The summed E-state index contributed by atoms with van der Waals surface area (Å²) in [4.78, 5) is 0.